The van der Waals surface area contributed by atoms with Crippen LogP contribution in [0.2, 0.25) is 0 Å². The molecule has 0 bridgehead atoms. The number of furan rings is 1. The molecule has 1 fully saturated rings. The maximum atomic E-state index is 13.8. The molecular formula is C17H18FNO2. The molecule has 3 atom stereocenters. The Kier molecular flexibility index (Phi) is 3.53. The van der Waals surface area contributed by atoms with Crippen molar-refractivity contribution in [3.05, 3.63) is 59.8 Å². The highest BCUT2D eigenvalue weighted by molar-refractivity contribution is 5.83. The van der Waals surface area contributed by atoms with Crippen LogP contribution in [0.25, 0.3) is 0 Å². The van der Waals surface area contributed by atoms with Crippen LogP contribution in [0.4, 0.5) is 4.39 Å². The Morgan fingerprint density at radius 1 is 1.33 bits per heavy atom. The Morgan fingerprint density at radius 3 is 2.76 bits per heavy atom. The largest absolute Gasteiger partial charge is 0.469 e. The summed E-state index contributed by atoms with van der Waals surface area (Å²) in [5, 5.41) is 0. The van der Waals surface area contributed by atoms with Gasteiger partial charge in [0.1, 0.15) is 11.6 Å². The lowest BCUT2D eigenvalue weighted by atomic mass is 10.1. The highest BCUT2D eigenvalue weighted by atomic mass is 19.1. The molecule has 110 valence electrons. The van der Waals surface area contributed by atoms with Crippen molar-refractivity contribution in [1.82, 2.24) is 4.90 Å². The van der Waals surface area contributed by atoms with Gasteiger partial charge in [-0.3, -0.25) is 4.79 Å². The number of hydrogen-bond donors (Lipinski definition) is 0. The van der Waals surface area contributed by atoms with Crippen molar-refractivity contribution in [2.45, 2.75) is 25.3 Å². The first-order chi connectivity index (χ1) is 10.1. The van der Waals surface area contributed by atoms with E-state index < -0.39 is 0 Å². The summed E-state index contributed by atoms with van der Waals surface area (Å²) < 4.78 is 19.2. The topological polar surface area (TPSA) is 33.5 Å². The smallest absolute Gasteiger partial charge is 0.226 e. The van der Waals surface area contributed by atoms with Crippen molar-refractivity contribution in [1.29, 1.82) is 0 Å². The normalized spacial score (nSPS) is 21.9. The minimum absolute atomic E-state index is 0.0460. The summed E-state index contributed by atoms with van der Waals surface area (Å²) in [4.78, 5) is 14.1. The number of halogens is 1. The van der Waals surface area contributed by atoms with Crippen LogP contribution in [0.15, 0.2) is 47.1 Å². The number of hydrogen-bond acceptors (Lipinski definition) is 2. The van der Waals surface area contributed by atoms with Gasteiger partial charge in [-0.05, 0) is 31.5 Å². The van der Waals surface area contributed by atoms with E-state index in [2.05, 4.69) is 0 Å². The number of amides is 1. The summed E-state index contributed by atoms with van der Waals surface area (Å²) in [6.07, 6.45) is 2.43. The van der Waals surface area contributed by atoms with Crippen LogP contribution in [0.1, 0.15) is 36.6 Å². The van der Waals surface area contributed by atoms with E-state index in [9.17, 15) is 9.18 Å². The molecule has 4 heteroatoms. The molecular weight excluding hydrogens is 269 g/mol. The fraction of sp³-hybridized carbons (Fsp3) is 0.353. The van der Waals surface area contributed by atoms with Crippen LogP contribution in [0, 0.1) is 11.7 Å². The molecule has 3 rings (SSSR count). The van der Waals surface area contributed by atoms with E-state index in [1.807, 2.05) is 19.1 Å². The Balaban J connectivity index is 1.70. The first kappa shape index (κ1) is 13.9. The Hall–Kier alpha value is -2.10. The second-order valence-corrected chi connectivity index (χ2v) is 5.61. The standard InChI is InChI=1S/C17H18FNO2/c1-11(12-6-3-4-7-15(12)18)19(2)17(20)14-10-13(14)16-8-5-9-21-16/h3-9,11,13-14H,10H2,1-2H3. The van der Waals surface area contributed by atoms with Crippen LogP contribution in [0.3, 0.4) is 0 Å². The second kappa shape index (κ2) is 5.35. The third-order valence-electron chi connectivity index (χ3n) is 4.30. The molecule has 1 saturated carbocycles. The van der Waals surface area contributed by atoms with Gasteiger partial charge in [0.15, 0.2) is 0 Å². The molecule has 1 aliphatic rings. The van der Waals surface area contributed by atoms with E-state index in [1.54, 1.807) is 36.4 Å². The molecule has 0 spiro atoms. The first-order valence-electron chi connectivity index (χ1n) is 7.14. The van der Waals surface area contributed by atoms with E-state index in [0.29, 0.717) is 5.56 Å². The van der Waals surface area contributed by atoms with Crippen LogP contribution >= 0.6 is 0 Å². The molecule has 1 aliphatic carbocycles. The average molecular weight is 287 g/mol. The van der Waals surface area contributed by atoms with Crippen LogP contribution in [-0.4, -0.2) is 17.9 Å². The van der Waals surface area contributed by atoms with Gasteiger partial charge in [0, 0.05) is 24.4 Å². The molecule has 0 N–H and O–H groups in total. The van der Waals surface area contributed by atoms with Gasteiger partial charge in [-0.2, -0.15) is 0 Å². The van der Waals surface area contributed by atoms with E-state index in [0.717, 1.165) is 12.2 Å². The van der Waals surface area contributed by atoms with Gasteiger partial charge in [-0.25, -0.2) is 4.39 Å². The van der Waals surface area contributed by atoms with Gasteiger partial charge in [-0.15, -0.1) is 0 Å². The molecule has 1 amide bonds. The summed E-state index contributed by atoms with van der Waals surface area (Å²) in [7, 11) is 1.73. The van der Waals surface area contributed by atoms with Gasteiger partial charge >= 0.3 is 0 Å². The van der Waals surface area contributed by atoms with Crippen molar-refractivity contribution in [3.8, 4) is 0 Å². The average Bonchev–Trinajstić information content (AvgIpc) is 3.10. The zero-order chi connectivity index (χ0) is 15.0. The highest BCUT2D eigenvalue weighted by Gasteiger charge is 2.47. The molecule has 21 heavy (non-hydrogen) atoms. The fourth-order valence-electron chi connectivity index (χ4n) is 2.76. The van der Waals surface area contributed by atoms with Crippen LogP contribution in [-0.2, 0) is 4.79 Å². The van der Waals surface area contributed by atoms with Gasteiger partial charge < -0.3 is 9.32 Å². The summed E-state index contributed by atoms with van der Waals surface area (Å²) >= 11 is 0. The molecule has 1 aromatic carbocycles. The summed E-state index contributed by atoms with van der Waals surface area (Å²) in [5.74, 6) is 0.758. The third kappa shape index (κ3) is 2.58. The predicted molar refractivity (Wildman–Crippen MR) is 77.1 cm³/mol. The molecule has 1 heterocycles. The maximum absolute atomic E-state index is 13.8. The molecule has 3 unspecified atom stereocenters. The van der Waals surface area contributed by atoms with Gasteiger partial charge in [-0.1, -0.05) is 18.2 Å². The molecule has 2 aromatic rings. The number of benzene rings is 1. The molecule has 0 saturated heterocycles. The molecule has 0 radical (unpaired) electrons. The van der Waals surface area contributed by atoms with Crippen LogP contribution < -0.4 is 0 Å². The lowest BCUT2D eigenvalue weighted by molar-refractivity contribution is -0.133. The summed E-state index contributed by atoms with van der Waals surface area (Å²) in [6.45, 7) is 1.85. The van der Waals surface area contributed by atoms with Crippen LogP contribution in [0.5, 0.6) is 0 Å². The maximum Gasteiger partial charge on any atom is 0.226 e. The van der Waals surface area contributed by atoms with E-state index in [4.69, 9.17) is 4.42 Å². The van der Waals surface area contributed by atoms with E-state index in [-0.39, 0.29) is 29.6 Å². The summed E-state index contributed by atoms with van der Waals surface area (Å²) in [5.41, 5.74) is 0.545. The Bertz CT molecular complexity index is 638. The fourth-order valence-corrected chi connectivity index (χ4v) is 2.76. The van der Waals surface area contributed by atoms with Crippen molar-refractivity contribution in [3.63, 3.8) is 0 Å². The summed E-state index contributed by atoms with van der Waals surface area (Å²) in [6, 6.07) is 10.0. The van der Waals surface area contributed by atoms with Crippen molar-refractivity contribution in [2.24, 2.45) is 5.92 Å². The van der Waals surface area contributed by atoms with Crippen molar-refractivity contribution < 1.29 is 13.6 Å². The predicted octanol–water partition coefficient (Wildman–Crippen LogP) is 3.74. The van der Waals surface area contributed by atoms with Gasteiger partial charge in [0.05, 0.1) is 12.3 Å². The van der Waals surface area contributed by atoms with E-state index in [1.165, 1.54) is 6.07 Å². The van der Waals surface area contributed by atoms with Gasteiger partial charge in [0.25, 0.3) is 0 Å². The molecule has 3 nitrogen and oxygen atoms in total. The second-order valence-electron chi connectivity index (χ2n) is 5.61. The molecule has 1 aromatic heterocycles. The van der Waals surface area contributed by atoms with E-state index >= 15 is 0 Å². The lowest BCUT2D eigenvalue weighted by Crippen LogP contribution is -2.31. The lowest BCUT2D eigenvalue weighted by Gasteiger charge is -2.26. The first-order valence-corrected chi connectivity index (χ1v) is 7.14. The number of carbonyl (C=O) groups is 1. The number of rotatable bonds is 4. The number of nitrogens with zero attached hydrogens (tertiary/aromatic N) is 1. The quantitative estimate of drug-likeness (QED) is 0.858. The SMILES string of the molecule is CC(c1ccccc1F)N(C)C(=O)C1CC1c1ccco1. The van der Waals surface area contributed by atoms with Crippen molar-refractivity contribution in [2.75, 3.05) is 7.05 Å². The molecule has 0 aliphatic heterocycles. The Labute approximate surface area is 123 Å². The Morgan fingerprint density at radius 2 is 2.10 bits per heavy atom. The zero-order valence-corrected chi connectivity index (χ0v) is 12.1. The van der Waals surface area contributed by atoms with Gasteiger partial charge in [0.2, 0.25) is 5.91 Å². The highest BCUT2D eigenvalue weighted by Crippen LogP contribution is 2.49. The van der Waals surface area contributed by atoms with Crippen molar-refractivity contribution >= 4 is 5.91 Å². The number of carbonyl (C=O) groups excluding carboxylic acids is 1. The third-order valence-corrected chi connectivity index (χ3v) is 4.30. The monoisotopic (exact) mass is 287 g/mol. The minimum Gasteiger partial charge on any atom is -0.469 e. The zero-order valence-electron chi connectivity index (χ0n) is 12.1. The minimum atomic E-state index is -0.281.